The lowest BCUT2D eigenvalue weighted by molar-refractivity contribution is -0.385. The van der Waals surface area contributed by atoms with Crippen LogP contribution in [-0.4, -0.2) is 26.3 Å². The summed E-state index contributed by atoms with van der Waals surface area (Å²) in [5.41, 5.74) is -0.115. The van der Waals surface area contributed by atoms with Crippen molar-refractivity contribution in [3.8, 4) is 17.2 Å². The Kier molecular flexibility index (Phi) is 4.11. The van der Waals surface area contributed by atoms with Crippen LogP contribution in [0.15, 0.2) is 6.07 Å². The fourth-order valence-electron chi connectivity index (χ4n) is 1.51. The molecule has 0 aliphatic carbocycles. The Balaban J connectivity index is 3.60. The van der Waals surface area contributed by atoms with Crippen LogP contribution >= 0.6 is 0 Å². The number of nitro groups is 1. The summed E-state index contributed by atoms with van der Waals surface area (Å²) in [6, 6.07) is 1.15. The van der Waals surface area contributed by atoms with Crippen molar-refractivity contribution < 1.29 is 24.2 Å². The Morgan fingerprint density at radius 2 is 1.76 bits per heavy atom. The zero-order chi connectivity index (χ0) is 13.0. The van der Waals surface area contributed by atoms with Gasteiger partial charge in [-0.2, -0.15) is 0 Å². The summed E-state index contributed by atoms with van der Waals surface area (Å²) in [5.74, 6) is 0.0713. The van der Waals surface area contributed by atoms with Gasteiger partial charge in [-0.05, 0) is 0 Å². The fraction of sp³-hybridized carbons (Fsp3) is 0.400. The van der Waals surface area contributed by atoms with Gasteiger partial charge in [0, 0.05) is 0 Å². The molecule has 0 heterocycles. The molecule has 0 aliphatic heterocycles. The van der Waals surface area contributed by atoms with Crippen molar-refractivity contribution in [1.29, 1.82) is 0 Å². The maximum absolute atomic E-state index is 11.1. The van der Waals surface area contributed by atoms with Gasteiger partial charge in [0.2, 0.25) is 5.75 Å². The van der Waals surface area contributed by atoms with Gasteiger partial charge < -0.3 is 14.2 Å². The minimum Gasteiger partial charge on any atom is -0.496 e. The van der Waals surface area contributed by atoms with Crippen LogP contribution in [0.25, 0.3) is 0 Å². The highest BCUT2D eigenvalue weighted by Crippen LogP contribution is 2.44. The number of ether oxygens (including phenoxy) is 3. The minimum atomic E-state index is -0.627. The minimum absolute atomic E-state index is 0.0357. The van der Waals surface area contributed by atoms with Gasteiger partial charge in [0.1, 0.15) is 12.4 Å². The Labute approximate surface area is 97.7 Å². The monoisotopic (exact) mass is 242 g/mol. The molecule has 1 radical (unpaired) electrons. The van der Waals surface area contributed by atoms with Crippen LogP contribution in [0.4, 0.5) is 5.69 Å². The van der Waals surface area contributed by atoms with Gasteiger partial charge in [0.15, 0.2) is 5.75 Å². The number of hydrogen-bond donors (Lipinski definition) is 0. The molecule has 0 saturated heterocycles. The lowest BCUT2D eigenvalue weighted by Crippen LogP contribution is -2.02. The molecule has 0 saturated carbocycles. The largest absolute Gasteiger partial charge is 0.496 e. The average Bonchev–Trinajstić information content (AvgIpc) is 2.35. The fourth-order valence-corrected chi connectivity index (χ4v) is 1.51. The van der Waals surface area contributed by atoms with E-state index in [4.69, 9.17) is 14.2 Å². The molecule has 93 valence electrons. The van der Waals surface area contributed by atoms with Crippen molar-refractivity contribution in [2.24, 2.45) is 0 Å². The molecule has 0 atom stereocenters. The first-order valence-electron chi connectivity index (χ1n) is 4.65. The smallest absolute Gasteiger partial charge is 0.318 e. The lowest BCUT2D eigenvalue weighted by Gasteiger charge is -2.14. The predicted octanol–water partition coefficient (Wildman–Crippen LogP) is 1.55. The molecule has 0 amide bonds. The van der Waals surface area contributed by atoms with E-state index in [9.17, 15) is 15.2 Å². The molecule has 0 spiro atoms. The maximum atomic E-state index is 11.1. The van der Waals surface area contributed by atoms with Crippen LogP contribution in [-0.2, 0) is 11.7 Å². The number of nitro benzene ring substituents is 1. The molecular weight excluding hydrogens is 230 g/mol. The van der Waals surface area contributed by atoms with Gasteiger partial charge in [0.05, 0.1) is 37.9 Å². The van der Waals surface area contributed by atoms with Crippen LogP contribution in [0.5, 0.6) is 17.2 Å². The SMILES string of the molecule is COc1cc([N+](=O)[O-])c(OC)c(OC)c1C[O]. The van der Waals surface area contributed by atoms with Gasteiger partial charge >= 0.3 is 5.69 Å². The summed E-state index contributed by atoms with van der Waals surface area (Å²) in [6.07, 6.45) is 0. The van der Waals surface area contributed by atoms with E-state index in [-0.39, 0.29) is 28.5 Å². The summed E-state index contributed by atoms with van der Waals surface area (Å²) in [5, 5.41) is 21.9. The molecule has 0 aromatic heterocycles. The summed E-state index contributed by atoms with van der Waals surface area (Å²) in [6.45, 7) is -0.624. The van der Waals surface area contributed by atoms with Crippen molar-refractivity contribution in [3.05, 3.63) is 21.7 Å². The van der Waals surface area contributed by atoms with E-state index in [0.717, 1.165) is 6.07 Å². The standard InChI is InChI=1S/C10H12NO6/c1-15-8-4-7(11(13)14)10(17-3)9(16-2)6(8)5-12/h4H,5H2,1-3H3. The summed E-state index contributed by atoms with van der Waals surface area (Å²) < 4.78 is 14.8. The number of methoxy groups -OCH3 is 3. The first kappa shape index (κ1) is 13.0. The zero-order valence-corrected chi connectivity index (χ0v) is 9.68. The second-order valence-electron chi connectivity index (χ2n) is 3.04. The second kappa shape index (κ2) is 5.35. The van der Waals surface area contributed by atoms with Crippen molar-refractivity contribution in [2.45, 2.75) is 6.61 Å². The van der Waals surface area contributed by atoms with E-state index in [0.29, 0.717) is 0 Å². The van der Waals surface area contributed by atoms with Crippen molar-refractivity contribution >= 4 is 5.69 Å². The highest BCUT2D eigenvalue weighted by Gasteiger charge is 2.26. The van der Waals surface area contributed by atoms with E-state index in [2.05, 4.69) is 0 Å². The lowest BCUT2D eigenvalue weighted by atomic mass is 10.1. The van der Waals surface area contributed by atoms with Crippen molar-refractivity contribution in [1.82, 2.24) is 0 Å². The Hall–Kier alpha value is -2.02. The summed E-state index contributed by atoms with van der Waals surface area (Å²) >= 11 is 0. The van der Waals surface area contributed by atoms with Crippen LogP contribution < -0.4 is 14.2 Å². The molecule has 7 nitrogen and oxygen atoms in total. The van der Waals surface area contributed by atoms with Gasteiger partial charge in [0.25, 0.3) is 0 Å². The van der Waals surface area contributed by atoms with Crippen molar-refractivity contribution in [3.63, 3.8) is 0 Å². The number of rotatable bonds is 5. The molecule has 0 bridgehead atoms. The molecule has 0 fully saturated rings. The van der Waals surface area contributed by atoms with Crippen LogP contribution in [0.3, 0.4) is 0 Å². The zero-order valence-electron chi connectivity index (χ0n) is 9.68. The third-order valence-electron chi connectivity index (χ3n) is 2.25. The third kappa shape index (κ3) is 2.23. The van der Waals surface area contributed by atoms with E-state index >= 15 is 0 Å². The maximum Gasteiger partial charge on any atom is 0.318 e. The molecular formula is C10H12NO6. The van der Waals surface area contributed by atoms with Gasteiger partial charge in [-0.3, -0.25) is 10.1 Å². The Bertz CT molecular complexity index is 431. The number of nitrogens with zero attached hydrogens (tertiary/aromatic N) is 1. The highest BCUT2D eigenvalue weighted by atomic mass is 16.6. The first-order valence-corrected chi connectivity index (χ1v) is 4.65. The van der Waals surface area contributed by atoms with Gasteiger partial charge in [-0.25, -0.2) is 5.11 Å². The van der Waals surface area contributed by atoms with E-state index in [1.807, 2.05) is 0 Å². The van der Waals surface area contributed by atoms with Crippen LogP contribution in [0, 0.1) is 10.1 Å². The van der Waals surface area contributed by atoms with E-state index < -0.39 is 11.5 Å². The average molecular weight is 242 g/mol. The summed E-state index contributed by atoms with van der Waals surface area (Å²) in [7, 11) is 3.90. The van der Waals surface area contributed by atoms with E-state index in [1.54, 1.807) is 0 Å². The number of hydrogen-bond acceptors (Lipinski definition) is 5. The van der Waals surface area contributed by atoms with E-state index in [1.165, 1.54) is 21.3 Å². The molecule has 17 heavy (non-hydrogen) atoms. The summed E-state index contributed by atoms with van der Waals surface area (Å²) in [4.78, 5) is 10.2. The van der Waals surface area contributed by atoms with Gasteiger partial charge in [-0.1, -0.05) is 0 Å². The van der Waals surface area contributed by atoms with Gasteiger partial charge in [-0.15, -0.1) is 0 Å². The highest BCUT2D eigenvalue weighted by molar-refractivity contribution is 5.64. The Morgan fingerprint density at radius 3 is 2.12 bits per heavy atom. The van der Waals surface area contributed by atoms with Crippen molar-refractivity contribution in [2.75, 3.05) is 21.3 Å². The first-order chi connectivity index (χ1) is 8.10. The normalized spacial score (nSPS) is 9.88. The molecule has 0 aliphatic rings. The quantitative estimate of drug-likeness (QED) is 0.577. The predicted molar refractivity (Wildman–Crippen MR) is 57.1 cm³/mol. The second-order valence-corrected chi connectivity index (χ2v) is 3.04. The van der Waals surface area contributed by atoms with Crippen LogP contribution in [0.1, 0.15) is 5.56 Å². The Morgan fingerprint density at radius 1 is 1.18 bits per heavy atom. The topological polar surface area (TPSA) is 90.7 Å². The number of benzene rings is 1. The molecule has 1 rings (SSSR count). The molecule has 0 unspecified atom stereocenters. The third-order valence-corrected chi connectivity index (χ3v) is 2.25. The molecule has 0 N–H and O–H groups in total. The molecule has 1 aromatic carbocycles. The van der Waals surface area contributed by atoms with Crippen LogP contribution in [0.2, 0.25) is 0 Å². The molecule has 7 heteroatoms. The molecule has 1 aromatic rings.